The van der Waals surface area contributed by atoms with Crippen LogP contribution in [0.2, 0.25) is 0 Å². The molecule has 1 heterocycles. The van der Waals surface area contributed by atoms with Gasteiger partial charge in [-0.2, -0.15) is 13.2 Å². The summed E-state index contributed by atoms with van der Waals surface area (Å²) in [5, 5.41) is 13.6. The summed E-state index contributed by atoms with van der Waals surface area (Å²) in [6.07, 6.45) is -4.33. The number of carbonyl (C=O) groups is 2. The number of hydrogen-bond acceptors (Lipinski definition) is 4. The molecule has 0 aliphatic rings. The number of fused-ring (bicyclic) bond motifs is 1. The van der Waals surface area contributed by atoms with E-state index < -0.39 is 35.2 Å². The highest BCUT2D eigenvalue weighted by Crippen LogP contribution is 2.41. The van der Waals surface area contributed by atoms with Crippen LogP contribution in [-0.2, 0) is 12.6 Å². The second-order valence-electron chi connectivity index (χ2n) is 6.25. The van der Waals surface area contributed by atoms with Crippen LogP contribution in [0.5, 0.6) is 5.75 Å². The summed E-state index contributed by atoms with van der Waals surface area (Å²) in [5.41, 5.74) is 0.307. The number of halogens is 3. The molecule has 0 bridgehead atoms. The number of anilines is 1. The number of carboxylic acid groups (broad SMARTS) is 1. The van der Waals surface area contributed by atoms with Gasteiger partial charge in [0.05, 0.1) is 23.8 Å². The second kappa shape index (κ2) is 8.31. The number of aromatic carboxylic acids is 1. The molecule has 30 heavy (non-hydrogen) atoms. The number of imidazole rings is 1. The first-order valence-corrected chi connectivity index (χ1v) is 8.70. The molecule has 11 heteroatoms. The molecule has 4 N–H and O–H groups in total. The van der Waals surface area contributed by atoms with E-state index in [0.29, 0.717) is 17.5 Å². The Morgan fingerprint density at radius 1 is 1.23 bits per heavy atom. The molecule has 3 rings (SSSR count). The largest absolute Gasteiger partial charge is 0.496 e. The van der Waals surface area contributed by atoms with Crippen LogP contribution in [0.4, 0.5) is 23.7 Å². The lowest BCUT2D eigenvalue weighted by molar-refractivity contribution is -0.138. The number of alkyl halides is 3. The fourth-order valence-electron chi connectivity index (χ4n) is 2.90. The third-order valence-electron chi connectivity index (χ3n) is 4.23. The molecule has 3 aromatic rings. The van der Waals surface area contributed by atoms with Gasteiger partial charge in [-0.1, -0.05) is 12.1 Å². The van der Waals surface area contributed by atoms with E-state index in [-0.39, 0.29) is 12.4 Å². The lowest BCUT2D eigenvalue weighted by Crippen LogP contribution is -2.31. The number of urea groups is 1. The fraction of sp³-hybridized carbons (Fsp3) is 0.211. The van der Waals surface area contributed by atoms with Crippen LogP contribution in [0.25, 0.3) is 11.0 Å². The van der Waals surface area contributed by atoms with Gasteiger partial charge >= 0.3 is 18.2 Å². The molecule has 0 saturated carbocycles. The number of nitrogens with one attached hydrogen (secondary N) is 3. The Morgan fingerprint density at radius 3 is 2.67 bits per heavy atom. The molecule has 0 radical (unpaired) electrons. The summed E-state index contributed by atoms with van der Waals surface area (Å²) >= 11 is 0. The Morgan fingerprint density at radius 2 is 2.00 bits per heavy atom. The van der Waals surface area contributed by atoms with Gasteiger partial charge in [-0.25, -0.2) is 14.6 Å². The molecule has 2 amide bonds. The summed E-state index contributed by atoms with van der Waals surface area (Å²) < 4.78 is 44.7. The third-order valence-corrected chi connectivity index (χ3v) is 4.23. The fourth-order valence-corrected chi connectivity index (χ4v) is 2.90. The van der Waals surface area contributed by atoms with Gasteiger partial charge in [-0.05, 0) is 36.2 Å². The lowest BCUT2D eigenvalue weighted by atomic mass is 10.1. The van der Waals surface area contributed by atoms with Gasteiger partial charge in [0.25, 0.3) is 0 Å². The summed E-state index contributed by atoms with van der Waals surface area (Å²) in [5.74, 6) is -1.76. The van der Waals surface area contributed by atoms with Crippen molar-refractivity contribution in [2.75, 3.05) is 19.0 Å². The highest BCUT2D eigenvalue weighted by Gasteiger charge is 2.37. The van der Waals surface area contributed by atoms with E-state index in [1.807, 2.05) is 0 Å². The highest BCUT2D eigenvalue weighted by atomic mass is 19.4. The SMILES string of the molecule is COc1cccc(NC(=O)NCCc2ccc3nc(C(=O)O)[nH]c3c2)c1C(F)(F)F. The molecule has 1 aromatic heterocycles. The molecule has 0 fully saturated rings. The second-order valence-corrected chi connectivity index (χ2v) is 6.25. The van der Waals surface area contributed by atoms with Crippen LogP contribution in [0.15, 0.2) is 36.4 Å². The minimum absolute atomic E-state index is 0.141. The number of benzene rings is 2. The number of nitrogens with zero attached hydrogens (tertiary/aromatic N) is 1. The summed E-state index contributed by atoms with van der Waals surface area (Å²) in [6.45, 7) is 0.141. The van der Waals surface area contributed by atoms with Crippen LogP contribution in [0.3, 0.4) is 0 Å². The van der Waals surface area contributed by atoms with Crippen molar-refractivity contribution >= 4 is 28.7 Å². The zero-order valence-corrected chi connectivity index (χ0v) is 15.6. The van der Waals surface area contributed by atoms with Crippen molar-refractivity contribution in [2.45, 2.75) is 12.6 Å². The Bertz CT molecular complexity index is 1100. The average molecular weight is 422 g/mol. The number of H-pyrrole nitrogens is 1. The Balaban J connectivity index is 1.63. The number of carboxylic acids is 1. The highest BCUT2D eigenvalue weighted by molar-refractivity contribution is 5.91. The number of methoxy groups -OCH3 is 1. The minimum Gasteiger partial charge on any atom is -0.496 e. The van der Waals surface area contributed by atoms with E-state index in [2.05, 4.69) is 20.6 Å². The maximum Gasteiger partial charge on any atom is 0.421 e. The van der Waals surface area contributed by atoms with Crippen LogP contribution in [0, 0.1) is 0 Å². The molecule has 0 aliphatic carbocycles. The lowest BCUT2D eigenvalue weighted by Gasteiger charge is -2.17. The molecule has 0 atom stereocenters. The van der Waals surface area contributed by atoms with Crippen molar-refractivity contribution in [3.8, 4) is 5.75 Å². The summed E-state index contributed by atoms with van der Waals surface area (Å²) in [4.78, 5) is 29.6. The van der Waals surface area contributed by atoms with Gasteiger partial charge in [-0.15, -0.1) is 0 Å². The number of carbonyl (C=O) groups excluding carboxylic acids is 1. The third kappa shape index (κ3) is 4.62. The van der Waals surface area contributed by atoms with Crippen molar-refractivity contribution in [2.24, 2.45) is 0 Å². The number of hydrogen-bond donors (Lipinski definition) is 4. The molecule has 0 spiro atoms. The predicted octanol–water partition coefficient (Wildman–Crippen LogP) is 3.65. The monoisotopic (exact) mass is 422 g/mol. The van der Waals surface area contributed by atoms with Gasteiger partial charge in [0.2, 0.25) is 5.82 Å². The zero-order chi connectivity index (χ0) is 21.9. The van der Waals surface area contributed by atoms with Gasteiger partial charge in [0, 0.05) is 6.54 Å². The summed E-state index contributed by atoms with van der Waals surface area (Å²) in [6, 6.07) is 7.89. The van der Waals surface area contributed by atoms with Gasteiger partial charge in [0.1, 0.15) is 11.3 Å². The molecule has 0 saturated heterocycles. The van der Waals surface area contributed by atoms with Crippen molar-refractivity contribution < 1.29 is 32.6 Å². The molecule has 2 aromatic carbocycles. The van der Waals surface area contributed by atoms with Crippen LogP contribution >= 0.6 is 0 Å². The van der Waals surface area contributed by atoms with E-state index >= 15 is 0 Å². The minimum atomic E-state index is -4.70. The van der Waals surface area contributed by atoms with E-state index in [0.717, 1.165) is 24.8 Å². The first kappa shape index (κ1) is 21.0. The van der Waals surface area contributed by atoms with Crippen molar-refractivity contribution in [1.82, 2.24) is 15.3 Å². The van der Waals surface area contributed by atoms with Gasteiger partial charge in [0.15, 0.2) is 0 Å². The average Bonchev–Trinajstić information content (AvgIpc) is 3.10. The molecule has 8 nitrogen and oxygen atoms in total. The number of rotatable bonds is 6. The molecular formula is C19H17F3N4O4. The number of aromatic amines is 1. The quantitative estimate of drug-likeness (QED) is 0.484. The van der Waals surface area contributed by atoms with E-state index in [1.54, 1.807) is 18.2 Å². The van der Waals surface area contributed by atoms with E-state index in [9.17, 15) is 22.8 Å². The Labute approximate surface area is 168 Å². The maximum absolute atomic E-state index is 13.3. The molecule has 0 unspecified atom stereocenters. The van der Waals surface area contributed by atoms with Crippen LogP contribution in [-0.4, -0.2) is 40.7 Å². The van der Waals surface area contributed by atoms with Crippen molar-refractivity contribution in [1.29, 1.82) is 0 Å². The van der Waals surface area contributed by atoms with E-state index in [1.165, 1.54) is 6.07 Å². The zero-order valence-electron chi connectivity index (χ0n) is 15.6. The van der Waals surface area contributed by atoms with Crippen molar-refractivity contribution in [3.05, 3.63) is 53.3 Å². The van der Waals surface area contributed by atoms with Gasteiger partial charge < -0.3 is 25.5 Å². The topological polar surface area (TPSA) is 116 Å². The standard InChI is InChI=1S/C19H17F3N4O4/c1-30-14-4-2-3-12(15(14)19(20,21)22)26-18(29)23-8-7-10-5-6-11-13(9-10)25-16(24-11)17(27)28/h2-6,9H,7-8H2,1H3,(H,24,25)(H,27,28)(H2,23,26,29). The molecular weight excluding hydrogens is 405 g/mol. The predicted molar refractivity (Wildman–Crippen MR) is 102 cm³/mol. The number of aromatic nitrogens is 2. The smallest absolute Gasteiger partial charge is 0.421 e. The van der Waals surface area contributed by atoms with Crippen LogP contribution < -0.4 is 15.4 Å². The first-order chi connectivity index (χ1) is 14.2. The van der Waals surface area contributed by atoms with E-state index in [4.69, 9.17) is 9.84 Å². The normalized spacial score (nSPS) is 11.3. The summed E-state index contributed by atoms with van der Waals surface area (Å²) in [7, 11) is 1.12. The first-order valence-electron chi connectivity index (χ1n) is 8.70. The molecule has 0 aliphatic heterocycles. The number of amides is 2. The Hall–Kier alpha value is -3.76. The molecule has 158 valence electrons. The number of ether oxygens (including phenoxy) is 1. The Kier molecular flexibility index (Phi) is 5.81. The van der Waals surface area contributed by atoms with Crippen molar-refractivity contribution in [3.63, 3.8) is 0 Å². The van der Waals surface area contributed by atoms with Gasteiger partial charge in [-0.3, -0.25) is 0 Å². The maximum atomic E-state index is 13.3. The van der Waals surface area contributed by atoms with Crippen LogP contribution in [0.1, 0.15) is 21.7 Å².